The van der Waals surface area contributed by atoms with Crippen molar-refractivity contribution in [2.45, 2.75) is 13.5 Å². The predicted octanol–water partition coefficient (Wildman–Crippen LogP) is 6.63. The van der Waals surface area contributed by atoms with Crippen LogP contribution in [0.5, 0.6) is 17.2 Å². The van der Waals surface area contributed by atoms with E-state index >= 15 is 0 Å². The molecular weight excluding hydrogens is 374 g/mol. The summed E-state index contributed by atoms with van der Waals surface area (Å²) in [4.78, 5) is 0. The molecule has 0 bridgehead atoms. The van der Waals surface area contributed by atoms with Crippen molar-refractivity contribution < 1.29 is 23.0 Å². The normalized spacial score (nSPS) is 11.2. The van der Waals surface area contributed by atoms with Gasteiger partial charge in [-0.1, -0.05) is 49.1 Å². The number of alkyl halides is 2. The Morgan fingerprint density at radius 2 is 1.69 bits per heavy atom. The van der Waals surface area contributed by atoms with Crippen LogP contribution in [-0.4, -0.2) is 19.8 Å². The van der Waals surface area contributed by atoms with E-state index in [2.05, 4.69) is 6.58 Å². The molecule has 0 aromatic heterocycles. The van der Waals surface area contributed by atoms with E-state index in [1.54, 1.807) is 24.3 Å². The summed E-state index contributed by atoms with van der Waals surface area (Å²) in [6, 6.07) is 16.7. The van der Waals surface area contributed by atoms with Crippen LogP contribution in [0.1, 0.15) is 6.92 Å². The van der Waals surface area contributed by atoms with Crippen LogP contribution in [0, 0.1) is 0 Å². The van der Waals surface area contributed by atoms with Gasteiger partial charge in [0, 0.05) is 5.39 Å². The number of hydrogen-bond donors (Lipinski definition) is 0. The van der Waals surface area contributed by atoms with Gasteiger partial charge in [-0.25, -0.2) is 0 Å². The Morgan fingerprint density at radius 1 is 0.931 bits per heavy atom. The molecule has 3 rings (SSSR count). The quantitative estimate of drug-likeness (QED) is 0.380. The van der Waals surface area contributed by atoms with E-state index in [1.807, 2.05) is 55.5 Å². The highest BCUT2D eigenvalue weighted by atomic mass is 19.3. The number of rotatable bonds is 9. The Hall–Kier alpha value is -3.34. The molecule has 0 saturated carbocycles. The van der Waals surface area contributed by atoms with Gasteiger partial charge in [-0.15, -0.1) is 0 Å². The molecule has 3 aromatic rings. The lowest BCUT2D eigenvalue weighted by molar-refractivity contribution is -0.0502. The SMILES string of the molecule is C=CCOc1ccc(-c2ccc3c(OC(F)F)c(OCC=CC)ccc3c2)cc1. The second kappa shape index (κ2) is 9.73. The highest BCUT2D eigenvalue weighted by Gasteiger charge is 2.15. The van der Waals surface area contributed by atoms with Crippen molar-refractivity contribution in [3.8, 4) is 28.4 Å². The summed E-state index contributed by atoms with van der Waals surface area (Å²) in [7, 11) is 0. The first-order chi connectivity index (χ1) is 14.1. The molecule has 0 amide bonds. The van der Waals surface area contributed by atoms with Gasteiger partial charge in [0.2, 0.25) is 0 Å². The lowest BCUT2D eigenvalue weighted by Crippen LogP contribution is -2.05. The molecule has 0 heterocycles. The van der Waals surface area contributed by atoms with Gasteiger partial charge in [-0.2, -0.15) is 8.78 Å². The molecule has 0 radical (unpaired) electrons. The molecule has 3 aromatic carbocycles. The Bertz CT molecular complexity index is 995. The highest BCUT2D eigenvalue weighted by Crippen LogP contribution is 2.38. The molecule has 5 heteroatoms. The summed E-state index contributed by atoms with van der Waals surface area (Å²) < 4.78 is 41.8. The Morgan fingerprint density at radius 3 is 2.38 bits per heavy atom. The number of fused-ring (bicyclic) bond motifs is 1. The lowest BCUT2D eigenvalue weighted by Gasteiger charge is -2.15. The van der Waals surface area contributed by atoms with Gasteiger partial charge in [0.05, 0.1) is 0 Å². The van der Waals surface area contributed by atoms with Crippen LogP contribution in [0.15, 0.2) is 79.4 Å². The second-order valence-electron chi connectivity index (χ2n) is 6.21. The number of halogens is 2. The third-order valence-corrected chi connectivity index (χ3v) is 4.27. The zero-order valence-corrected chi connectivity index (χ0v) is 16.1. The molecule has 29 heavy (non-hydrogen) atoms. The summed E-state index contributed by atoms with van der Waals surface area (Å²) in [6.07, 6.45) is 5.31. The minimum atomic E-state index is -2.94. The molecule has 150 valence electrons. The lowest BCUT2D eigenvalue weighted by atomic mass is 10.0. The number of allylic oxidation sites excluding steroid dienone is 1. The van der Waals surface area contributed by atoms with E-state index in [9.17, 15) is 8.78 Å². The van der Waals surface area contributed by atoms with Crippen LogP contribution in [0.3, 0.4) is 0 Å². The molecule has 0 aliphatic carbocycles. The minimum absolute atomic E-state index is 0.0433. The van der Waals surface area contributed by atoms with Crippen molar-refractivity contribution in [1.29, 1.82) is 0 Å². The van der Waals surface area contributed by atoms with Crippen LogP contribution in [0.4, 0.5) is 8.78 Å². The van der Waals surface area contributed by atoms with Gasteiger partial charge in [-0.3, -0.25) is 0 Å². The molecule has 0 fully saturated rings. The Labute approximate surface area is 168 Å². The van der Waals surface area contributed by atoms with Crippen LogP contribution in [0.25, 0.3) is 21.9 Å². The molecule has 3 nitrogen and oxygen atoms in total. The summed E-state index contributed by atoms with van der Waals surface area (Å²) in [5, 5.41) is 1.35. The van der Waals surface area contributed by atoms with E-state index in [0.717, 1.165) is 22.3 Å². The van der Waals surface area contributed by atoms with Crippen LogP contribution >= 0.6 is 0 Å². The summed E-state index contributed by atoms with van der Waals surface area (Å²) in [5.41, 5.74) is 1.95. The summed E-state index contributed by atoms with van der Waals surface area (Å²) >= 11 is 0. The van der Waals surface area contributed by atoms with Crippen molar-refractivity contribution >= 4 is 10.8 Å². The predicted molar refractivity (Wildman–Crippen MR) is 112 cm³/mol. The van der Waals surface area contributed by atoms with Gasteiger partial charge in [0.1, 0.15) is 19.0 Å². The molecule has 0 aliphatic rings. The summed E-state index contributed by atoms with van der Waals surface area (Å²) in [6.45, 7) is 3.27. The zero-order valence-electron chi connectivity index (χ0n) is 16.1. The van der Waals surface area contributed by atoms with Crippen LogP contribution in [-0.2, 0) is 0 Å². The van der Waals surface area contributed by atoms with Crippen molar-refractivity contribution in [2.24, 2.45) is 0 Å². The number of ether oxygens (including phenoxy) is 3. The molecule has 0 spiro atoms. The van der Waals surface area contributed by atoms with E-state index < -0.39 is 6.61 Å². The van der Waals surface area contributed by atoms with Crippen molar-refractivity contribution in [3.63, 3.8) is 0 Å². The van der Waals surface area contributed by atoms with Crippen LogP contribution in [0.2, 0.25) is 0 Å². The standard InChI is InChI=1S/C24H22F2O3/c1-3-5-15-28-22-13-9-19-16-18(8-12-21(19)23(22)29-24(25)26)17-6-10-20(11-7-17)27-14-4-2/h3-13,16,24H,2,14-15H2,1H3. The van der Waals surface area contributed by atoms with Gasteiger partial charge in [0.15, 0.2) is 11.5 Å². The first-order valence-corrected chi connectivity index (χ1v) is 9.22. The molecule has 0 unspecified atom stereocenters. The molecule has 0 aliphatic heterocycles. The number of hydrogen-bond acceptors (Lipinski definition) is 3. The second-order valence-corrected chi connectivity index (χ2v) is 6.21. The average Bonchev–Trinajstić information content (AvgIpc) is 2.73. The van der Waals surface area contributed by atoms with E-state index in [4.69, 9.17) is 14.2 Å². The molecular formula is C24H22F2O3. The van der Waals surface area contributed by atoms with E-state index in [-0.39, 0.29) is 18.1 Å². The summed E-state index contributed by atoms with van der Waals surface area (Å²) in [5.74, 6) is 1.08. The van der Waals surface area contributed by atoms with E-state index in [0.29, 0.717) is 12.0 Å². The Balaban J connectivity index is 1.95. The van der Waals surface area contributed by atoms with Crippen LogP contribution < -0.4 is 14.2 Å². The maximum Gasteiger partial charge on any atom is 0.387 e. The maximum atomic E-state index is 13.0. The minimum Gasteiger partial charge on any atom is -0.490 e. The van der Waals surface area contributed by atoms with Gasteiger partial charge < -0.3 is 14.2 Å². The molecule has 0 saturated heterocycles. The first kappa shape index (κ1) is 20.4. The Kier molecular flexibility index (Phi) is 6.85. The first-order valence-electron chi connectivity index (χ1n) is 9.22. The van der Waals surface area contributed by atoms with Crippen molar-refractivity contribution in [2.75, 3.05) is 13.2 Å². The fourth-order valence-electron chi connectivity index (χ4n) is 2.92. The molecule has 0 atom stereocenters. The zero-order chi connectivity index (χ0) is 20.6. The maximum absolute atomic E-state index is 13.0. The smallest absolute Gasteiger partial charge is 0.387 e. The number of benzene rings is 3. The van der Waals surface area contributed by atoms with Crippen molar-refractivity contribution in [3.05, 3.63) is 79.4 Å². The average molecular weight is 396 g/mol. The van der Waals surface area contributed by atoms with Crippen molar-refractivity contribution in [1.82, 2.24) is 0 Å². The van der Waals surface area contributed by atoms with E-state index in [1.165, 1.54) is 0 Å². The third-order valence-electron chi connectivity index (χ3n) is 4.27. The fraction of sp³-hybridized carbons (Fsp3) is 0.167. The topological polar surface area (TPSA) is 27.7 Å². The monoisotopic (exact) mass is 396 g/mol. The highest BCUT2D eigenvalue weighted by molar-refractivity contribution is 5.93. The van der Waals surface area contributed by atoms with Gasteiger partial charge in [0.25, 0.3) is 0 Å². The molecule has 0 N–H and O–H groups in total. The van der Waals surface area contributed by atoms with Gasteiger partial charge in [-0.05, 0) is 53.8 Å². The van der Waals surface area contributed by atoms with Gasteiger partial charge >= 0.3 is 6.61 Å². The third kappa shape index (κ3) is 5.13. The largest absolute Gasteiger partial charge is 0.490 e. The fourth-order valence-corrected chi connectivity index (χ4v) is 2.92.